The second-order valence-corrected chi connectivity index (χ2v) is 6.41. The molecule has 0 bridgehead atoms. The normalized spacial score (nSPS) is 17.5. The molecule has 0 aromatic heterocycles. The molecule has 1 unspecified atom stereocenters. The molecule has 132 valence electrons. The number of nitrogens with zero attached hydrogens (tertiary/aromatic N) is 1. The summed E-state index contributed by atoms with van der Waals surface area (Å²) in [4.78, 5) is 4.35. The van der Waals surface area contributed by atoms with Crippen LogP contribution in [0.4, 0.5) is 0 Å². The molecule has 0 amide bonds. The van der Waals surface area contributed by atoms with Gasteiger partial charge in [-0.25, -0.2) is 0 Å². The first-order valence-electron chi connectivity index (χ1n) is 8.70. The standard InChI is InChI=1S/C17H35N3O.HI/c1-5-7-8-9-15(3)20-16(18-4)19-14-17(10-11-17)12-13-21-6-2;/h15H,5-14H2,1-4H3,(H2,18,19,20);1H. The molecule has 0 aromatic rings. The van der Waals surface area contributed by atoms with E-state index in [4.69, 9.17) is 4.74 Å². The van der Waals surface area contributed by atoms with Gasteiger partial charge < -0.3 is 15.4 Å². The van der Waals surface area contributed by atoms with Gasteiger partial charge in [0.2, 0.25) is 0 Å². The lowest BCUT2D eigenvalue weighted by atomic mass is 10.0. The number of hydrogen-bond donors (Lipinski definition) is 2. The van der Waals surface area contributed by atoms with Gasteiger partial charge in [-0.05, 0) is 44.9 Å². The zero-order valence-electron chi connectivity index (χ0n) is 14.9. The topological polar surface area (TPSA) is 45.7 Å². The first-order chi connectivity index (χ1) is 10.2. The molecule has 1 saturated carbocycles. The maximum absolute atomic E-state index is 5.49. The van der Waals surface area contributed by atoms with Crippen LogP contribution in [0, 0.1) is 5.41 Å². The Morgan fingerprint density at radius 1 is 1.27 bits per heavy atom. The molecule has 1 aliphatic carbocycles. The molecule has 0 saturated heterocycles. The molecular formula is C17H36IN3O. The zero-order valence-corrected chi connectivity index (χ0v) is 17.2. The van der Waals surface area contributed by atoms with Gasteiger partial charge in [-0.2, -0.15) is 0 Å². The highest BCUT2D eigenvalue weighted by Crippen LogP contribution is 2.48. The van der Waals surface area contributed by atoms with Crippen molar-refractivity contribution in [3.63, 3.8) is 0 Å². The van der Waals surface area contributed by atoms with Crippen LogP contribution in [-0.2, 0) is 4.74 Å². The third-order valence-corrected chi connectivity index (χ3v) is 4.42. The summed E-state index contributed by atoms with van der Waals surface area (Å²) in [7, 11) is 1.86. The Hall–Kier alpha value is -0.0400. The lowest BCUT2D eigenvalue weighted by Crippen LogP contribution is -2.44. The largest absolute Gasteiger partial charge is 0.382 e. The molecule has 1 aliphatic rings. The van der Waals surface area contributed by atoms with E-state index in [1.54, 1.807) is 0 Å². The Bertz CT molecular complexity index is 306. The summed E-state index contributed by atoms with van der Waals surface area (Å²) >= 11 is 0. The number of ether oxygens (including phenoxy) is 1. The van der Waals surface area contributed by atoms with Crippen LogP contribution in [0.5, 0.6) is 0 Å². The van der Waals surface area contributed by atoms with E-state index in [-0.39, 0.29) is 24.0 Å². The molecule has 5 heteroatoms. The van der Waals surface area contributed by atoms with Gasteiger partial charge in [0.1, 0.15) is 0 Å². The molecule has 0 aromatic carbocycles. The van der Waals surface area contributed by atoms with E-state index in [0.717, 1.165) is 32.1 Å². The van der Waals surface area contributed by atoms with E-state index in [9.17, 15) is 0 Å². The third kappa shape index (κ3) is 9.18. The fourth-order valence-corrected chi connectivity index (χ4v) is 2.60. The third-order valence-electron chi connectivity index (χ3n) is 4.42. The van der Waals surface area contributed by atoms with Gasteiger partial charge in [-0.3, -0.25) is 4.99 Å². The number of nitrogens with one attached hydrogen (secondary N) is 2. The maximum Gasteiger partial charge on any atom is 0.191 e. The van der Waals surface area contributed by atoms with Gasteiger partial charge in [0, 0.05) is 32.8 Å². The summed E-state index contributed by atoms with van der Waals surface area (Å²) in [6.45, 7) is 9.27. The van der Waals surface area contributed by atoms with Crippen molar-refractivity contribution < 1.29 is 4.74 Å². The first-order valence-corrected chi connectivity index (χ1v) is 8.70. The molecule has 1 fully saturated rings. The first kappa shape index (κ1) is 22.0. The predicted octanol–water partition coefficient (Wildman–Crippen LogP) is 3.95. The maximum atomic E-state index is 5.49. The minimum Gasteiger partial charge on any atom is -0.382 e. The van der Waals surface area contributed by atoms with Crippen molar-refractivity contribution in [2.24, 2.45) is 10.4 Å². The van der Waals surface area contributed by atoms with Crippen molar-refractivity contribution in [2.45, 2.75) is 71.8 Å². The van der Waals surface area contributed by atoms with Crippen LogP contribution in [0.2, 0.25) is 0 Å². The second-order valence-electron chi connectivity index (χ2n) is 6.41. The number of rotatable bonds is 11. The highest BCUT2D eigenvalue weighted by molar-refractivity contribution is 14.0. The summed E-state index contributed by atoms with van der Waals surface area (Å²) in [5.74, 6) is 0.946. The molecule has 1 atom stereocenters. The SMILES string of the molecule is CCCCCC(C)NC(=NC)NCC1(CCOCC)CC1.I. The average molecular weight is 425 g/mol. The van der Waals surface area contributed by atoms with Crippen molar-refractivity contribution in [3.8, 4) is 0 Å². The average Bonchev–Trinajstić information content (AvgIpc) is 3.24. The molecule has 0 heterocycles. The fraction of sp³-hybridized carbons (Fsp3) is 0.941. The molecule has 1 rings (SSSR count). The van der Waals surface area contributed by atoms with Gasteiger partial charge >= 0.3 is 0 Å². The highest BCUT2D eigenvalue weighted by Gasteiger charge is 2.41. The Morgan fingerprint density at radius 2 is 2.00 bits per heavy atom. The van der Waals surface area contributed by atoms with Crippen LogP contribution in [0.1, 0.15) is 65.7 Å². The molecular weight excluding hydrogens is 389 g/mol. The quantitative estimate of drug-likeness (QED) is 0.228. The second kappa shape index (κ2) is 12.4. The zero-order chi connectivity index (χ0) is 15.6. The van der Waals surface area contributed by atoms with Crippen molar-refractivity contribution in [1.82, 2.24) is 10.6 Å². The lowest BCUT2D eigenvalue weighted by molar-refractivity contribution is 0.128. The Morgan fingerprint density at radius 3 is 2.55 bits per heavy atom. The number of aliphatic imine (C=N–C) groups is 1. The van der Waals surface area contributed by atoms with Crippen LogP contribution in [0.3, 0.4) is 0 Å². The van der Waals surface area contributed by atoms with Crippen LogP contribution in [-0.4, -0.2) is 38.8 Å². The number of hydrogen-bond acceptors (Lipinski definition) is 2. The molecule has 0 aliphatic heterocycles. The Kier molecular flexibility index (Phi) is 12.4. The molecule has 22 heavy (non-hydrogen) atoms. The van der Waals surface area contributed by atoms with E-state index in [1.165, 1.54) is 38.5 Å². The highest BCUT2D eigenvalue weighted by atomic mass is 127. The van der Waals surface area contributed by atoms with Crippen molar-refractivity contribution in [3.05, 3.63) is 0 Å². The summed E-state index contributed by atoms with van der Waals surface area (Å²) < 4.78 is 5.49. The van der Waals surface area contributed by atoms with Crippen LogP contribution in [0.15, 0.2) is 4.99 Å². The van der Waals surface area contributed by atoms with E-state index in [2.05, 4.69) is 36.4 Å². The minimum atomic E-state index is 0. The van der Waals surface area contributed by atoms with E-state index >= 15 is 0 Å². The molecule has 4 nitrogen and oxygen atoms in total. The number of guanidine groups is 1. The van der Waals surface area contributed by atoms with Gasteiger partial charge in [-0.15, -0.1) is 24.0 Å². The number of halogens is 1. The van der Waals surface area contributed by atoms with E-state index < -0.39 is 0 Å². The summed E-state index contributed by atoms with van der Waals surface area (Å²) in [5.41, 5.74) is 0.457. The van der Waals surface area contributed by atoms with Crippen LogP contribution < -0.4 is 10.6 Å². The minimum absolute atomic E-state index is 0. The molecule has 0 spiro atoms. The summed E-state index contributed by atoms with van der Waals surface area (Å²) in [5, 5.41) is 7.00. The molecule has 2 N–H and O–H groups in total. The predicted molar refractivity (Wildman–Crippen MR) is 106 cm³/mol. The van der Waals surface area contributed by atoms with Crippen LogP contribution >= 0.6 is 24.0 Å². The van der Waals surface area contributed by atoms with Gasteiger partial charge in [0.15, 0.2) is 5.96 Å². The summed E-state index contributed by atoms with van der Waals surface area (Å²) in [6, 6.07) is 0.487. The molecule has 0 radical (unpaired) electrons. The Balaban J connectivity index is 0.00000441. The van der Waals surface area contributed by atoms with Gasteiger partial charge in [0.25, 0.3) is 0 Å². The van der Waals surface area contributed by atoms with Crippen molar-refractivity contribution in [2.75, 3.05) is 26.8 Å². The van der Waals surface area contributed by atoms with E-state index in [0.29, 0.717) is 11.5 Å². The van der Waals surface area contributed by atoms with Gasteiger partial charge in [-0.1, -0.05) is 26.2 Å². The fourth-order valence-electron chi connectivity index (χ4n) is 2.60. The lowest BCUT2D eigenvalue weighted by Gasteiger charge is -2.21. The van der Waals surface area contributed by atoms with Crippen molar-refractivity contribution >= 4 is 29.9 Å². The monoisotopic (exact) mass is 425 g/mol. The summed E-state index contributed by atoms with van der Waals surface area (Å²) in [6.07, 6.45) is 8.90. The smallest absolute Gasteiger partial charge is 0.191 e. The Labute approximate surface area is 154 Å². The van der Waals surface area contributed by atoms with E-state index in [1.807, 2.05) is 7.05 Å². The number of unbranched alkanes of at least 4 members (excludes halogenated alkanes) is 2. The van der Waals surface area contributed by atoms with Crippen molar-refractivity contribution in [1.29, 1.82) is 0 Å². The van der Waals surface area contributed by atoms with Crippen LogP contribution in [0.25, 0.3) is 0 Å². The van der Waals surface area contributed by atoms with Gasteiger partial charge in [0.05, 0.1) is 0 Å².